The maximum atomic E-state index is 11.8. The lowest BCUT2D eigenvalue weighted by Gasteiger charge is -2.06. The van der Waals surface area contributed by atoms with Gasteiger partial charge in [0.1, 0.15) is 0 Å². The van der Waals surface area contributed by atoms with E-state index >= 15 is 0 Å². The maximum absolute atomic E-state index is 11.8. The van der Waals surface area contributed by atoms with Crippen molar-refractivity contribution in [3.05, 3.63) is 35.9 Å². The van der Waals surface area contributed by atoms with Crippen molar-refractivity contribution in [2.45, 2.75) is 26.2 Å². The van der Waals surface area contributed by atoms with Gasteiger partial charge < -0.3 is 0 Å². The molecule has 1 aliphatic rings. The predicted octanol–water partition coefficient (Wildman–Crippen LogP) is 2.32. The first kappa shape index (κ1) is 10.0. The minimum atomic E-state index is 0.0590. The summed E-state index contributed by atoms with van der Waals surface area (Å²) in [7, 11) is 0. The van der Waals surface area contributed by atoms with E-state index < -0.39 is 0 Å². The lowest BCUT2D eigenvalue weighted by Crippen LogP contribution is -2.10. The minimum absolute atomic E-state index is 0.0590. The Hall–Kier alpha value is -1.51. The van der Waals surface area contributed by atoms with Gasteiger partial charge in [0.2, 0.25) is 0 Å². The summed E-state index contributed by atoms with van der Waals surface area (Å²) in [4.78, 5) is 19.8. The van der Waals surface area contributed by atoms with E-state index in [0.717, 1.165) is 18.4 Å². The molecule has 0 bridgehead atoms. The van der Waals surface area contributed by atoms with Gasteiger partial charge in [0.05, 0.1) is 0 Å². The summed E-state index contributed by atoms with van der Waals surface area (Å²) < 4.78 is 0. The molecule has 3 nitrogen and oxygen atoms in total. The van der Waals surface area contributed by atoms with Crippen LogP contribution in [0.1, 0.15) is 35.4 Å². The van der Waals surface area contributed by atoms with E-state index in [1.54, 1.807) is 12.4 Å². The Kier molecular flexibility index (Phi) is 2.90. The van der Waals surface area contributed by atoms with Gasteiger partial charge in [0.15, 0.2) is 11.6 Å². The van der Waals surface area contributed by atoms with E-state index in [2.05, 4.69) is 22.1 Å². The molecule has 0 unspecified atom stereocenters. The molecule has 1 heterocycles. The molecule has 0 atom stereocenters. The van der Waals surface area contributed by atoms with Gasteiger partial charge in [-0.25, -0.2) is 9.97 Å². The number of hydrogen-bond donors (Lipinski definition) is 0. The molecule has 3 heteroatoms. The van der Waals surface area contributed by atoms with Gasteiger partial charge in [-0.3, -0.25) is 4.79 Å². The van der Waals surface area contributed by atoms with Crippen LogP contribution >= 0.6 is 0 Å². The van der Waals surface area contributed by atoms with Gasteiger partial charge in [-0.1, -0.05) is 12.2 Å². The van der Waals surface area contributed by atoms with E-state index in [1.165, 1.54) is 0 Å². The number of allylic oxidation sites excluding steroid dienone is 2. The highest BCUT2D eigenvalue weighted by atomic mass is 16.1. The average Bonchev–Trinajstić information content (AvgIpc) is 2.71. The highest BCUT2D eigenvalue weighted by Gasteiger charge is 2.17. The van der Waals surface area contributed by atoms with Gasteiger partial charge in [-0.15, -0.1) is 0 Å². The summed E-state index contributed by atoms with van der Waals surface area (Å²) in [6.07, 6.45) is 10.2. The lowest BCUT2D eigenvalue weighted by molar-refractivity contribution is 0.0953. The topological polar surface area (TPSA) is 42.9 Å². The number of nitrogens with zero attached hydrogens (tertiary/aromatic N) is 2. The largest absolute Gasteiger partial charge is 0.291 e. The van der Waals surface area contributed by atoms with E-state index in [1.807, 2.05) is 6.92 Å². The first-order valence-corrected chi connectivity index (χ1v) is 5.22. The Labute approximate surface area is 89.3 Å². The Morgan fingerprint density at radius 2 is 1.93 bits per heavy atom. The van der Waals surface area contributed by atoms with E-state index in [9.17, 15) is 4.79 Å². The fraction of sp³-hybridized carbons (Fsp3) is 0.417. The average molecular weight is 202 g/mol. The Morgan fingerprint density at radius 3 is 2.53 bits per heavy atom. The van der Waals surface area contributed by atoms with Gasteiger partial charge in [-0.05, 0) is 31.2 Å². The molecule has 1 aliphatic carbocycles. The van der Waals surface area contributed by atoms with Crippen LogP contribution in [0.5, 0.6) is 0 Å². The third kappa shape index (κ3) is 2.49. The zero-order valence-electron chi connectivity index (χ0n) is 8.81. The molecule has 0 radical (unpaired) electrons. The van der Waals surface area contributed by atoms with Crippen molar-refractivity contribution in [1.82, 2.24) is 9.97 Å². The van der Waals surface area contributed by atoms with Crippen LogP contribution < -0.4 is 0 Å². The molecule has 2 rings (SSSR count). The summed E-state index contributed by atoms with van der Waals surface area (Å²) in [5.41, 5.74) is 0.981. The second kappa shape index (κ2) is 4.34. The smallest absolute Gasteiger partial charge is 0.200 e. The first-order valence-electron chi connectivity index (χ1n) is 5.22. The van der Waals surface area contributed by atoms with Crippen molar-refractivity contribution in [2.24, 2.45) is 5.92 Å². The van der Waals surface area contributed by atoms with Crippen molar-refractivity contribution in [1.29, 1.82) is 0 Å². The summed E-state index contributed by atoms with van der Waals surface area (Å²) in [5.74, 6) is 0.874. The highest BCUT2D eigenvalue weighted by molar-refractivity contribution is 5.92. The fourth-order valence-electron chi connectivity index (χ4n) is 1.73. The van der Waals surface area contributed by atoms with Gasteiger partial charge in [0, 0.05) is 18.8 Å². The van der Waals surface area contributed by atoms with Crippen molar-refractivity contribution in [3.8, 4) is 0 Å². The summed E-state index contributed by atoms with van der Waals surface area (Å²) >= 11 is 0. The lowest BCUT2D eigenvalue weighted by atomic mass is 10.00. The predicted molar refractivity (Wildman–Crippen MR) is 57.6 cm³/mol. The molecule has 1 aromatic heterocycles. The molecule has 0 saturated carbocycles. The van der Waals surface area contributed by atoms with E-state index in [0.29, 0.717) is 18.2 Å². The minimum Gasteiger partial charge on any atom is -0.291 e. The zero-order valence-corrected chi connectivity index (χ0v) is 8.81. The number of hydrogen-bond acceptors (Lipinski definition) is 3. The number of Topliss-reactive ketones (excluding diaryl/α,β-unsaturated/α-hetero) is 1. The molecule has 0 saturated heterocycles. The van der Waals surface area contributed by atoms with Crippen molar-refractivity contribution in [3.63, 3.8) is 0 Å². The van der Waals surface area contributed by atoms with Crippen LogP contribution in [0, 0.1) is 12.8 Å². The molecule has 0 aliphatic heterocycles. The molecule has 0 fully saturated rings. The monoisotopic (exact) mass is 202 g/mol. The van der Waals surface area contributed by atoms with Crippen LogP contribution in [0.4, 0.5) is 0 Å². The van der Waals surface area contributed by atoms with Crippen LogP contribution in [0.25, 0.3) is 0 Å². The molecule has 0 aromatic carbocycles. The normalized spacial score (nSPS) is 15.8. The zero-order chi connectivity index (χ0) is 10.7. The summed E-state index contributed by atoms with van der Waals surface area (Å²) in [5, 5.41) is 0. The molecule has 15 heavy (non-hydrogen) atoms. The van der Waals surface area contributed by atoms with Gasteiger partial charge in [0.25, 0.3) is 0 Å². The highest BCUT2D eigenvalue weighted by Crippen LogP contribution is 2.22. The number of carbonyl (C=O) groups excluding carboxylic acids is 1. The number of ketones is 1. The number of carbonyl (C=O) groups is 1. The standard InChI is InChI=1S/C12H14N2O/c1-9-7-13-12(14-8-9)11(15)6-10-4-2-3-5-10/h2-3,7-8,10H,4-6H2,1H3. The molecule has 0 amide bonds. The first-order chi connectivity index (χ1) is 7.25. The SMILES string of the molecule is Cc1cnc(C(=O)CC2CC=CC2)nc1. The van der Waals surface area contributed by atoms with Crippen LogP contribution in [-0.2, 0) is 0 Å². The van der Waals surface area contributed by atoms with Crippen LogP contribution in [0.3, 0.4) is 0 Å². The second-order valence-electron chi connectivity index (χ2n) is 4.02. The Bertz CT molecular complexity index is 373. The third-order valence-corrected chi connectivity index (χ3v) is 2.61. The Morgan fingerprint density at radius 1 is 1.33 bits per heavy atom. The fourth-order valence-corrected chi connectivity index (χ4v) is 1.73. The molecule has 1 aromatic rings. The van der Waals surface area contributed by atoms with Gasteiger partial charge in [-0.2, -0.15) is 0 Å². The van der Waals surface area contributed by atoms with Crippen molar-refractivity contribution < 1.29 is 4.79 Å². The quantitative estimate of drug-likeness (QED) is 0.558. The molecule has 0 N–H and O–H groups in total. The summed E-state index contributed by atoms with van der Waals surface area (Å²) in [6.45, 7) is 1.91. The van der Waals surface area contributed by atoms with Crippen LogP contribution in [-0.4, -0.2) is 15.8 Å². The maximum Gasteiger partial charge on any atom is 0.200 e. The number of aryl methyl sites for hydroxylation is 1. The molecular formula is C12H14N2O. The third-order valence-electron chi connectivity index (χ3n) is 2.61. The van der Waals surface area contributed by atoms with Gasteiger partial charge >= 0.3 is 0 Å². The van der Waals surface area contributed by atoms with E-state index in [-0.39, 0.29) is 5.78 Å². The Balaban J connectivity index is 1.98. The van der Waals surface area contributed by atoms with Crippen LogP contribution in [0.2, 0.25) is 0 Å². The van der Waals surface area contributed by atoms with Crippen LogP contribution in [0.15, 0.2) is 24.5 Å². The number of aromatic nitrogens is 2. The van der Waals surface area contributed by atoms with Crippen molar-refractivity contribution in [2.75, 3.05) is 0 Å². The molecule has 0 spiro atoms. The molecule has 78 valence electrons. The number of rotatable bonds is 3. The molecular weight excluding hydrogens is 188 g/mol. The van der Waals surface area contributed by atoms with Crippen molar-refractivity contribution >= 4 is 5.78 Å². The second-order valence-corrected chi connectivity index (χ2v) is 4.02. The summed E-state index contributed by atoms with van der Waals surface area (Å²) in [6, 6.07) is 0. The van der Waals surface area contributed by atoms with E-state index in [4.69, 9.17) is 0 Å².